The van der Waals surface area contributed by atoms with E-state index in [1.807, 2.05) is 48.5 Å². The van der Waals surface area contributed by atoms with Crippen molar-refractivity contribution in [3.05, 3.63) is 182 Å². The first-order chi connectivity index (χ1) is 27.3. The Morgan fingerprint density at radius 2 is 0.600 bits per heavy atom. The van der Waals surface area contributed by atoms with E-state index >= 15 is 0 Å². The number of hydrogen-bond acceptors (Lipinski definition) is 5. The molecule has 0 fully saturated rings. The predicted octanol–water partition coefficient (Wildman–Crippen LogP) is 13.9. The lowest BCUT2D eigenvalue weighted by atomic mass is 9.93. The molecule has 0 bridgehead atoms. The number of furan rings is 2. The Morgan fingerprint density at radius 3 is 1.05 bits per heavy atom. The molecule has 0 aliphatic heterocycles. The zero-order valence-electron chi connectivity index (χ0n) is 29.4. The number of hydrogen-bond donors (Lipinski definition) is 0. The summed E-state index contributed by atoms with van der Waals surface area (Å²) < 4.78 is 19.0. The lowest BCUT2D eigenvalue weighted by Crippen LogP contribution is -1.86. The molecule has 0 radical (unpaired) electrons. The molecule has 0 spiro atoms. The van der Waals surface area contributed by atoms with Gasteiger partial charge in [0.05, 0.1) is 0 Å². The molecule has 5 heteroatoms. The van der Waals surface area contributed by atoms with Gasteiger partial charge in [0.15, 0.2) is 0 Å². The van der Waals surface area contributed by atoms with E-state index < -0.39 is 0 Å². The highest BCUT2D eigenvalue weighted by molar-refractivity contribution is 6.11. The van der Waals surface area contributed by atoms with Crippen molar-refractivity contribution in [1.29, 1.82) is 0 Å². The molecule has 0 saturated carbocycles. The van der Waals surface area contributed by atoms with Crippen molar-refractivity contribution < 1.29 is 13.3 Å². The second-order valence-corrected chi connectivity index (χ2v) is 13.7. The van der Waals surface area contributed by atoms with Crippen molar-refractivity contribution in [2.75, 3.05) is 0 Å². The van der Waals surface area contributed by atoms with Crippen LogP contribution in [-0.2, 0) is 0 Å². The molecular formula is C50H30N2O3. The summed E-state index contributed by atoms with van der Waals surface area (Å²) in [5.41, 5.74) is 14.0. The van der Waals surface area contributed by atoms with Gasteiger partial charge in [0.1, 0.15) is 22.3 Å². The summed E-state index contributed by atoms with van der Waals surface area (Å²) in [7, 11) is 0. The average molecular weight is 707 g/mol. The third kappa shape index (κ3) is 5.17. The Morgan fingerprint density at radius 1 is 0.255 bits per heavy atom. The maximum atomic E-state index is 6.39. The quantitative estimate of drug-likeness (QED) is 0.172. The number of fused-ring (bicyclic) bond motifs is 6. The van der Waals surface area contributed by atoms with E-state index in [1.165, 1.54) is 0 Å². The van der Waals surface area contributed by atoms with Gasteiger partial charge in [-0.25, -0.2) is 0 Å². The van der Waals surface area contributed by atoms with E-state index in [2.05, 4.69) is 144 Å². The minimum atomic E-state index is 0.468. The van der Waals surface area contributed by atoms with Gasteiger partial charge < -0.3 is 13.3 Å². The standard InChI is InChI=1S/C50H30N2O3/c1-3-13-37(41-17-9-19-43-39-15-5-7-21-45(39)53-47(41)43)35(11-1)31-23-27-33(28-24-31)49-51-52-50(55-49)34-29-25-32(26-30-34)36-12-2-4-14-38(36)42-18-10-20-44-40-16-6-8-22-46(40)54-48(42)44/h1-30H. The minimum absolute atomic E-state index is 0.468. The van der Waals surface area contributed by atoms with Crippen molar-refractivity contribution in [3.8, 4) is 67.4 Å². The Labute approximate surface area is 315 Å². The summed E-state index contributed by atoms with van der Waals surface area (Å²) >= 11 is 0. The van der Waals surface area contributed by atoms with Gasteiger partial charge in [-0.3, -0.25) is 0 Å². The van der Waals surface area contributed by atoms with E-state index in [0.29, 0.717) is 11.8 Å². The Balaban J connectivity index is 0.880. The van der Waals surface area contributed by atoms with Crippen LogP contribution >= 0.6 is 0 Å². The van der Waals surface area contributed by atoms with Crippen molar-refractivity contribution in [1.82, 2.24) is 10.2 Å². The van der Waals surface area contributed by atoms with Crippen LogP contribution in [0.4, 0.5) is 0 Å². The topological polar surface area (TPSA) is 65.2 Å². The molecule has 258 valence electrons. The SMILES string of the molecule is c1ccc(-c2cccc3c2oc2ccccc23)c(-c2ccc(-c3nnc(-c4ccc(-c5ccccc5-c5cccc6c5oc5ccccc56)cc4)o3)cc2)c1. The first-order valence-electron chi connectivity index (χ1n) is 18.3. The normalized spacial score (nSPS) is 11.6. The van der Waals surface area contributed by atoms with Crippen molar-refractivity contribution in [2.24, 2.45) is 0 Å². The summed E-state index contributed by atoms with van der Waals surface area (Å²) in [5.74, 6) is 0.936. The molecule has 0 aliphatic rings. The zero-order valence-corrected chi connectivity index (χ0v) is 29.4. The Kier molecular flexibility index (Phi) is 7.10. The van der Waals surface area contributed by atoms with E-state index in [4.69, 9.17) is 13.3 Å². The minimum Gasteiger partial charge on any atom is -0.455 e. The summed E-state index contributed by atoms with van der Waals surface area (Å²) in [6.07, 6.45) is 0. The monoisotopic (exact) mass is 706 g/mol. The van der Waals surface area contributed by atoms with Crippen LogP contribution in [0.5, 0.6) is 0 Å². The maximum absolute atomic E-state index is 6.39. The molecule has 3 aromatic heterocycles. The number of rotatable bonds is 6. The summed E-state index contributed by atoms with van der Waals surface area (Å²) in [6, 6.07) is 62.6. The lowest BCUT2D eigenvalue weighted by Gasteiger charge is -2.11. The highest BCUT2D eigenvalue weighted by atomic mass is 16.4. The zero-order chi connectivity index (χ0) is 36.3. The molecule has 8 aromatic carbocycles. The van der Waals surface area contributed by atoms with Crippen LogP contribution in [0.1, 0.15) is 0 Å². The smallest absolute Gasteiger partial charge is 0.248 e. The van der Waals surface area contributed by atoms with Crippen molar-refractivity contribution in [2.45, 2.75) is 0 Å². The molecule has 3 heterocycles. The van der Waals surface area contributed by atoms with E-state index in [1.54, 1.807) is 0 Å². The van der Waals surface area contributed by atoms with Gasteiger partial charge in [0.25, 0.3) is 0 Å². The van der Waals surface area contributed by atoms with Gasteiger partial charge >= 0.3 is 0 Å². The second kappa shape index (κ2) is 12.6. The maximum Gasteiger partial charge on any atom is 0.248 e. The summed E-state index contributed by atoms with van der Waals surface area (Å²) in [6.45, 7) is 0. The highest BCUT2D eigenvalue weighted by Crippen LogP contribution is 2.42. The van der Waals surface area contributed by atoms with Crippen LogP contribution in [0.25, 0.3) is 111 Å². The van der Waals surface area contributed by atoms with E-state index in [9.17, 15) is 0 Å². The van der Waals surface area contributed by atoms with E-state index in [0.717, 1.165) is 99.5 Å². The fourth-order valence-corrected chi connectivity index (χ4v) is 7.90. The van der Waals surface area contributed by atoms with Crippen molar-refractivity contribution in [3.63, 3.8) is 0 Å². The average Bonchev–Trinajstić information content (AvgIpc) is 4.00. The summed E-state index contributed by atoms with van der Waals surface area (Å²) in [5, 5.41) is 13.3. The first kappa shape index (κ1) is 31.1. The van der Waals surface area contributed by atoms with Gasteiger partial charge in [-0.15, -0.1) is 10.2 Å². The molecule has 0 atom stereocenters. The van der Waals surface area contributed by atoms with Crippen LogP contribution in [0, 0.1) is 0 Å². The molecule has 11 rings (SSSR count). The number of nitrogens with zero attached hydrogens (tertiary/aromatic N) is 2. The molecule has 0 amide bonds. The second-order valence-electron chi connectivity index (χ2n) is 13.7. The highest BCUT2D eigenvalue weighted by Gasteiger charge is 2.18. The van der Waals surface area contributed by atoms with Crippen LogP contribution in [-0.4, -0.2) is 10.2 Å². The Bertz CT molecular complexity index is 2990. The fourth-order valence-electron chi connectivity index (χ4n) is 7.90. The summed E-state index contributed by atoms with van der Waals surface area (Å²) in [4.78, 5) is 0. The molecule has 0 N–H and O–H groups in total. The number of benzene rings is 8. The van der Waals surface area contributed by atoms with Gasteiger partial charge in [-0.1, -0.05) is 146 Å². The van der Waals surface area contributed by atoms with Gasteiger partial charge in [-0.2, -0.15) is 0 Å². The molecule has 0 unspecified atom stereocenters. The Hall–Kier alpha value is -7.50. The van der Waals surface area contributed by atoms with Crippen LogP contribution in [0.2, 0.25) is 0 Å². The van der Waals surface area contributed by atoms with Crippen LogP contribution in [0.3, 0.4) is 0 Å². The molecule has 55 heavy (non-hydrogen) atoms. The molecule has 11 aromatic rings. The predicted molar refractivity (Wildman–Crippen MR) is 221 cm³/mol. The fraction of sp³-hybridized carbons (Fsp3) is 0. The molecule has 5 nitrogen and oxygen atoms in total. The van der Waals surface area contributed by atoms with Gasteiger partial charge in [0.2, 0.25) is 11.8 Å². The van der Waals surface area contributed by atoms with Crippen LogP contribution in [0.15, 0.2) is 195 Å². The van der Waals surface area contributed by atoms with Gasteiger partial charge in [-0.05, 0) is 69.8 Å². The molecule has 0 aliphatic carbocycles. The lowest BCUT2D eigenvalue weighted by molar-refractivity contribution is 0.584. The number of aromatic nitrogens is 2. The molecule has 0 saturated heterocycles. The van der Waals surface area contributed by atoms with Crippen LogP contribution < -0.4 is 0 Å². The number of para-hydroxylation sites is 4. The van der Waals surface area contributed by atoms with Gasteiger partial charge in [0, 0.05) is 43.8 Å². The third-order valence-electron chi connectivity index (χ3n) is 10.6. The molecular weight excluding hydrogens is 677 g/mol. The third-order valence-corrected chi connectivity index (χ3v) is 10.6. The largest absolute Gasteiger partial charge is 0.455 e. The van der Waals surface area contributed by atoms with Crippen molar-refractivity contribution >= 4 is 43.9 Å². The van der Waals surface area contributed by atoms with E-state index in [-0.39, 0.29) is 0 Å². The first-order valence-corrected chi connectivity index (χ1v) is 18.3.